The number of amides is 1. The summed E-state index contributed by atoms with van der Waals surface area (Å²) in [6.07, 6.45) is -0.639. The van der Waals surface area contributed by atoms with Gasteiger partial charge >= 0.3 is 0 Å². The van der Waals surface area contributed by atoms with Crippen molar-refractivity contribution in [3.63, 3.8) is 0 Å². The minimum absolute atomic E-state index is 0.0274. The van der Waals surface area contributed by atoms with E-state index in [2.05, 4.69) is 10.2 Å². The summed E-state index contributed by atoms with van der Waals surface area (Å²) < 4.78 is 11.5. The number of hydrogen-bond donors (Lipinski definition) is 2. The largest absolute Gasteiger partial charge is 0.491 e. The van der Waals surface area contributed by atoms with Crippen LogP contribution in [0.2, 0.25) is 5.02 Å². The zero-order chi connectivity index (χ0) is 19.9. The molecule has 1 saturated heterocycles. The zero-order valence-electron chi connectivity index (χ0n) is 15.8. The van der Waals surface area contributed by atoms with E-state index < -0.39 is 6.10 Å². The van der Waals surface area contributed by atoms with Crippen LogP contribution in [0.25, 0.3) is 0 Å². The Kier molecular flexibility index (Phi) is 7.28. The van der Waals surface area contributed by atoms with Crippen LogP contribution in [-0.2, 0) is 9.53 Å². The number of morpholine rings is 1. The molecule has 0 radical (unpaired) electrons. The van der Waals surface area contributed by atoms with Crippen LogP contribution in [0.5, 0.6) is 5.75 Å². The number of aliphatic hydroxyl groups excluding tert-OH is 1. The lowest BCUT2D eigenvalue weighted by atomic mass is 10.1. The highest BCUT2D eigenvalue weighted by molar-refractivity contribution is 6.30. The predicted molar refractivity (Wildman–Crippen MR) is 109 cm³/mol. The molecule has 2 unspecified atom stereocenters. The molecule has 7 heteroatoms. The molecule has 2 N–H and O–H groups in total. The maximum absolute atomic E-state index is 11.0. The normalized spacial score (nSPS) is 18.5. The van der Waals surface area contributed by atoms with Gasteiger partial charge in [-0.1, -0.05) is 23.7 Å². The van der Waals surface area contributed by atoms with E-state index in [1.165, 1.54) is 6.92 Å². The molecule has 6 nitrogen and oxygen atoms in total. The lowest BCUT2D eigenvalue weighted by molar-refractivity contribution is -0.114. The van der Waals surface area contributed by atoms with Gasteiger partial charge in [0.1, 0.15) is 18.5 Å². The van der Waals surface area contributed by atoms with Crippen LogP contribution in [0.1, 0.15) is 18.6 Å². The Morgan fingerprint density at radius 3 is 2.68 bits per heavy atom. The molecule has 1 fully saturated rings. The molecule has 0 aliphatic carbocycles. The van der Waals surface area contributed by atoms with E-state index in [0.29, 0.717) is 36.2 Å². The molecule has 2 atom stereocenters. The summed E-state index contributed by atoms with van der Waals surface area (Å²) in [6, 6.07) is 14.7. The van der Waals surface area contributed by atoms with E-state index in [1.807, 2.05) is 24.3 Å². The summed E-state index contributed by atoms with van der Waals surface area (Å²) in [5.74, 6) is 0.528. The summed E-state index contributed by atoms with van der Waals surface area (Å²) in [5.41, 5.74) is 1.79. The van der Waals surface area contributed by atoms with Crippen LogP contribution in [0.4, 0.5) is 5.69 Å². The summed E-state index contributed by atoms with van der Waals surface area (Å²) in [7, 11) is 0. The molecular weight excluding hydrogens is 380 g/mol. The van der Waals surface area contributed by atoms with E-state index in [0.717, 1.165) is 12.1 Å². The van der Waals surface area contributed by atoms with Crippen molar-refractivity contribution in [3.8, 4) is 5.75 Å². The molecule has 2 aromatic carbocycles. The number of aliphatic hydroxyl groups is 1. The third-order valence-corrected chi connectivity index (χ3v) is 4.73. The second kappa shape index (κ2) is 9.89. The highest BCUT2D eigenvalue weighted by Crippen LogP contribution is 2.24. The smallest absolute Gasteiger partial charge is 0.221 e. The fourth-order valence-electron chi connectivity index (χ4n) is 3.13. The number of rotatable bonds is 7. The topological polar surface area (TPSA) is 71.0 Å². The van der Waals surface area contributed by atoms with Crippen molar-refractivity contribution in [2.45, 2.75) is 19.1 Å². The molecule has 0 saturated carbocycles. The molecule has 1 aliphatic rings. The van der Waals surface area contributed by atoms with Crippen molar-refractivity contribution in [2.24, 2.45) is 0 Å². The van der Waals surface area contributed by atoms with Gasteiger partial charge in [0.15, 0.2) is 0 Å². The lowest BCUT2D eigenvalue weighted by Gasteiger charge is -2.34. The number of nitrogens with zero attached hydrogens (tertiary/aromatic N) is 1. The van der Waals surface area contributed by atoms with Gasteiger partial charge in [0.05, 0.1) is 12.7 Å². The van der Waals surface area contributed by atoms with Crippen LogP contribution in [0.15, 0.2) is 48.5 Å². The molecule has 150 valence electrons. The molecule has 0 bridgehead atoms. The van der Waals surface area contributed by atoms with Crippen molar-refractivity contribution in [1.82, 2.24) is 4.90 Å². The van der Waals surface area contributed by atoms with Gasteiger partial charge in [-0.15, -0.1) is 0 Å². The van der Waals surface area contributed by atoms with Gasteiger partial charge in [-0.05, 0) is 42.0 Å². The van der Waals surface area contributed by atoms with Crippen LogP contribution < -0.4 is 10.1 Å². The number of ether oxygens (including phenoxy) is 2. The van der Waals surface area contributed by atoms with Crippen molar-refractivity contribution in [3.05, 3.63) is 59.1 Å². The number of anilines is 1. The highest BCUT2D eigenvalue weighted by atomic mass is 35.5. The van der Waals surface area contributed by atoms with E-state index in [1.54, 1.807) is 24.3 Å². The molecule has 1 amide bonds. The number of β-amino-alcohol motifs (C(OH)–C–C–N with tert-alkyl or cyclic N) is 1. The van der Waals surface area contributed by atoms with Gasteiger partial charge < -0.3 is 19.9 Å². The van der Waals surface area contributed by atoms with Gasteiger partial charge in [0.25, 0.3) is 0 Å². The minimum atomic E-state index is -0.612. The number of carbonyl (C=O) groups is 1. The van der Waals surface area contributed by atoms with E-state index in [9.17, 15) is 9.90 Å². The van der Waals surface area contributed by atoms with Crippen LogP contribution in [0, 0.1) is 0 Å². The van der Waals surface area contributed by atoms with Crippen molar-refractivity contribution in [2.75, 3.05) is 38.2 Å². The number of nitrogens with one attached hydrogen (secondary N) is 1. The molecule has 1 heterocycles. The third-order valence-electron chi connectivity index (χ3n) is 4.48. The summed E-state index contributed by atoms with van der Waals surface area (Å²) in [6.45, 7) is 4.27. The molecular formula is C21H25ClN2O4. The molecule has 28 heavy (non-hydrogen) atoms. The fourth-order valence-corrected chi connectivity index (χ4v) is 3.25. The number of carbonyl (C=O) groups excluding carboxylic acids is 1. The molecule has 3 rings (SSSR count). The Hall–Kier alpha value is -2.12. The predicted octanol–water partition coefficient (Wildman–Crippen LogP) is 3.11. The summed E-state index contributed by atoms with van der Waals surface area (Å²) >= 11 is 5.95. The summed E-state index contributed by atoms with van der Waals surface area (Å²) in [4.78, 5) is 13.2. The van der Waals surface area contributed by atoms with Crippen LogP contribution >= 0.6 is 11.6 Å². The Morgan fingerprint density at radius 1 is 1.29 bits per heavy atom. The standard InChI is InChI=1S/C21H25ClN2O4/c1-15(25)23-18-6-8-20(9-7-18)28-14-19(26)12-24-10-11-27-21(13-24)16-2-4-17(22)5-3-16/h2-9,19,21,26H,10-14H2,1H3,(H,23,25). The van der Waals surface area contributed by atoms with Gasteiger partial charge in [-0.3, -0.25) is 9.69 Å². The van der Waals surface area contributed by atoms with Crippen LogP contribution in [-0.4, -0.2) is 54.9 Å². The van der Waals surface area contributed by atoms with E-state index >= 15 is 0 Å². The van der Waals surface area contributed by atoms with Gasteiger partial charge in [0.2, 0.25) is 5.91 Å². The second-order valence-corrected chi connectivity index (χ2v) is 7.28. The average Bonchev–Trinajstić information content (AvgIpc) is 2.68. The van der Waals surface area contributed by atoms with E-state index in [4.69, 9.17) is 21.1 Å². The quantitative estimate of drug-likeness (QED) is 0.742. The van der Waals surface area contributed by atoms with Gasteiger partial charge in [-0.25, -0.2) is 0 Å². The van der Waals surface area contributed by atoms with Crippen molar-refractivity contribution < 1.29 is 19.4 Å². The van der Waals surface area contributed by atoms with Crippen molar-refractivity contribution >= 4 is 23.2 Å². The average molecular weight is 405 g/mol. The fraction of sp³-hybridized carbons (Fsp3) is 0.381. The van der Waals surface area contributed by atoms with Gasteiger partial charge in [0, 0.05) is 37.3 Å². The first-order chi connectivity index (χ1) is 13.5. The first-order valence-electron chi connectivity index (χ1n) is 9.27. The molecule has 0 spiro atoms. The number of halogens is 1. The highest BCUT2D eigenvalue weighted by Gasteiger charge is 2.23. The Morgan fingerprint density at radius 2 is 2.00 bits per heavy atom. The molecule has 0 aromatic heterocycles. The Bertz CT molecular complexity index is 767. The van der Waals surface area contributed by atoms with E-state index in [-0.39, 0.29) is 18.6 Å². The first kappa shape index (κ1) is 20.6. The van der Waals surface area contributed by atoms with Gasteiger partial charge in [-0.2, -0.15) is 0 Å². The Balaban J connectivity index is 1.45. The van der Waals surface area contributed by atoms with Crippen LogP contribution in [0.3, 0.4) is 0 Å². The number of hydrogen-bond acceptors (Lipinski definition) is 5. The first-order valence-corrected chi connectivity index (χ1v) is 9.65. The molecule has 1 aliphatic heterocycles. The maximum atomic E-state index is 11.0. The Labute approximate surface area is 170 Å². The lowest BCUT2D eigenvalue weighted by Crippen LogP contribution is -2.43. The number of benzene rings is 2. The zero-order valence-corrected chi connectivity index (χ0v) is 16.6. The summed E-state index contributed by atoms with van der Waals surface area (Å²) in [5, 5.41) is 13.8. The second-order valence-electron chi connectivity index (χ2n) is 6.84. The third kappa shape index (κ3) is 6.21. The SMILES string of the molecule is CC(=O)Nc1ccc(OCC(O)CN2CCOC(c3ccc(Cl)cc3)C2)cc1. The molecule has 2 aromatic rings. The maximum Gasteiger partial charge on any atom is 0.221 e. The minimum Gasteiger partial charge on any atom is -0.491 e. The monoisotopic (exact) mass is 404 g/mol. The van der Waals surface area contributed by atoms with Crippen molar-refractivity contribution in [1.29, 1.82) is 0 Å².